The molecular formula is C52H69N17O16. The number of hydrogen-bond donors (Lipinski definition) is 13. The van der Waals surface area contributed by atoms with Gasteiger partial charge in [-0.1, -0.05) is 6.42 Å². The molecule has 10 aliphatic heterocycles. The lowest BCUT2D eigenvalue weighted by Crippen LogP contribution is -2.49. The number of nitrogens with two attached hydrogens (primary N) is 1. The molecule has 3 unspecified atom stereocenters. The average molecular weight is 1190 g/mol. The molecule has 14 N–H and O–H groups in total. The van der Waals surface area contributed by atoms with E-state index in [1.54, 1.807) is 19.6 Å². The van der Waals surface area contributed by atoms with Crippen LogP contribution in [0, 0.1) is 0 Å². The lowest BCUT2D eigenvalue weighted by molar-refractivity contribution is 0.0835. The zero-order chi connectivity index (χ0) is 61.3. The van der Waals surface area contributed by atoms with E-state index in [9.17, 15) is 78.4 Å². The van der Waals surface area contributed by atoms with E-state index >= 15 is 0 Å². The summed E-state index contributed by atoms with van der Waals surface area (Å²) in [5.41, 5.74) is -3.16. The summed E-state index contributed by atoms with van der Waals surface area (Å²) < 4.78 is 0.179. The minimum atomic E-state index is -1.21. The Morgan fingerprint density at radius 3 is 0.894 bits per heavy atom. The summed E-state index contributed by atoms with van der Waals surface area (Å²) in [6.45, 7) is -0.653. The van der Waals surface area contributed by atoms with Gasteiger partial charge in [0.1, 0.15) is 45.0 Å². The van der Waals surface area contributed by atoms with Gasteiger partial charge in [0.15, 0.2) is 0 Å². The number of hydrogen-bond acceptors (Lipinski definition) is 21. The molecule has 33 heteroatoms. The molecule has 0 fully saturated rings. The van der Waals surface area contributed by atoms with Crippen LogP contribution in [0.4, 0.5) is 0 Å². The zero-order valence-corrected chi connectivity index (χ0v) is 46.3. The molecule has 4 aromatic rings. The molecule has 0 aliphatic carbocycles. The minimum Gasteiger partial charge on any atom is -0.425 e. The van der Waals surface area contributed by atoms with E-state index in [2.05, 4.69) is 42.5 Å². The van der Waals surface area contributed by atoms with Gasteiger partial charge in [0.2, 0.25) is 0 Å². The van der Waals surface area contributed by atoms with Crippen LogP contribution in [0.3, 0.4) is 0 Å². The Morgan fingerprint density at radius 1 is 0.341 bits per heavy atom. The highest BCUT2D eigenvalue weighted by molar-refractivity contribution is 5.99. The Labute approximate surface area is 483 Å². The first-order valence-electron chi connectivity index (χ1n) is 27.5. The molecule has 0 aromatic carbocycles. The summed E-state index contributed by atoms with van der Waals surface area (Å²) in [4.78, 5) is 170. The van der Waals surface area contributed by atoms with Gasteiger partial charge in [-0.25, -0.2) is 0 Å². The second-order valence-corrected chi connectivity index (χ2v) is 20.1. The first kappa shape index (κ1) is 63.1. The minimum absolute atomic E-state index is 0.00268. The summed E-state index contributed by atoms with van der Waals surface area (Å²) in [7, 11) is 0. The van der Waals surface area contributed by atoms with Crippen molar-refractivity contribution in [3.05, 3.63) is 135 Å². The molecule has 458 valence electrons. The molecule has 85 heavy (non-hydrogen) atoms. The third-order valence-corrected chi connectivity index (χ3v) is 14.4. The maximum absolute atomic E-state index is 14.1. The fourth-order valence-electron chi connectivity index (χ4n) is 9.62. The quantitative estimate of drug-likeness (QED) is 0.0668. The molecule has 0 saturated heterocycles. The number of fused-ring (bicyclic) bond motifs is 2. The number of unbranched alkanes of at least 4 members (excludes halogenated alkanes) is 1. The SMILES string of the molecule is NCCCCC1CN2CCNC(=O)c3ccc(c(=O)n3O)C(=O)NCCN(CCNC(=O)c3ccc(n(O)c3=O)C(=O)N1)CCN1CCNC(=O)c3ccc(n(O)c3=O)C(=O)NCCN(CCNC(=O)c3ccc(c(=O)n3O)C(=O)NCC1)CC2. The van der Waals surface area contributed by atoms with Gasteiger partial charge in [-0.2, -0.15) is 0 Å². The number of carbonyl (C=O) groups excluding carboxylic acids is 8. The monoisotopic (exact) mass is 1190 g/mol. The topological polar surface area (TPSA) is 441 Å². The molecule has 12 bridgehead atoms. The van der Waals surface area contributed by atoms with Gasteiger partial charge in [0.05, 0.1) is 0 Å². The fraction of sp³-hybridized carbons (Fsp3) is 0.462. The summed E-state index contributed by atoms with van der Waals surface area (Å²) in [5.74, 6) is -7.32. The van der Waals surface area contributed by atoms with Crippen molar-refractivity contribution in [2.24, 2.45) is 5.73 Å². The van der Waals surface area contributed by atoms with Gasteiger partial charge in [0.25, 0.3) is 69.5 Å². The highest BCUT2D eigenvalue weighted by atomic mass is 16.5. The van der Waals surface area contributed by atoms with Gasteiger partial charge in [-0.3, -0.25) is 77.1 Å². The van der Waals surface area contributed by atoms with Crippen LogP contribution < -0.4 is 70.5 Å². The van der Waals surface area contributed by atoms with Crippen LogP contribution in [0.25, 0.3) is 0 Å². The van der Waals surface area contributed by atoms with Gasteiger partial charge in [0, 0.05) is 130 Å². The Hall–Kier alpha value is -9.44. The number of pyridine rings is 4. The standard InChI is InChI=1S/C52H69N17O16/c53-12-2-1-3-32-31-65-26-19-60-47(76)39-10-6-35(51(80)68(39)84)43(72)56-15-22-63(23-16-57-44(73)36-7-11-40(48(77)61-32)69(85)52(36)81)28-27-62-20-13-54-41(70)33-4-8-37(66(82)49(33)78)45(74)58-17-24-64(29-30-65)25-18-59-46(75)38-9-5-34(50(79)67(38)83)42(71)55-14-21-62/h4-11,32,82-85H,1-3,12-31,53H2,(H,54,70)(H,55,71)(H,56,72)(H,57,73)(H,58,74)(H,59,75)(H,60,76)(H,61,77). The molecule has 3 atom stereocenters. The summed E-state index contributed by atoms with van der Waals surface area (Å²) in [6.07, 6.45) is 1.26. The summed E-state index contributed by atoms with van der Waals surface area (Å²) >= 11 is 0. The van der Waals surface area contributed by atoms with Crippen LogP contribution >= 0.6 is 0 Å². The molecular weight excluding hydrogens is 1120 g/mol. The molecule has 0 spiro atoms. The molecule has 4 aromatic heterocycles. The summed E-state index contributed by atoms with van der Waals surface area (Å²) in [5, 5.41) is 65.1. The number of nitrogens with one attached hydrogen (secondary N) is 8. The predicted octanol–water partition coefficient (Wildman–Crippen LogP) is -6.03. The molecule has 33 nitrogen and oxygen atoms in total. The third kappa shape index (κ3) is 16.2. The second kappa shape index (κ2) is 29.7. The highest BCUT2D eigenvalue weighted by Gasteiger charge is 2.27. The molecule has 14 rings (SSSR count). The number of rotatable bonds is 4. The van der Waals surface area contributed by atoms with Crippen LogP contribution in [-0.4, -0.2) is 244 Å². The number of nitrogens with zero attached hydrogens (tertiary/aromatic N) is 8. The Bertz CT molecular complexity index is 3310. The average Bonchev–Trinajstić information content (AvgIpc) is 3.44. The van der Waals surface area contributed by atoms with Gasteiger partial charge < -0.3 is 69.1 Å². The van der Waals surface area contributed by atoms with Crippen molar-refractivity contribution < 1.29 is 59.2 Å². The largest absolute Gasteiger partial charge is 0.425 e. The lowest BCUT2D eigenvalue weighted by atomic mass is 10.1. The maximum atomic E-state index is 14.1. The first-order chi connectivity index (χ1) is 40.8. The Morgan fingerprint density at radius 2 is 0.600 bits per heavy atom. The Balaban J connectivity index is 1.34. The van der Waals surface area contributed by atoms with Crippen LogP contribution in [0.15, 0.2) is 67.7 Å². The van der Waals surface area contributed by atoms with Gasteiger partial charge >= 0.3 is 0 Å². The van der Waals surface area contributed by atoms with Crippen LogP contribution in [0.1, 0.15) is 103 Å². The van der Waals surface area contributed by atoms with E-state index in [0.29, 0.717) is 12.8 Å². The van der Waals surface area contributed by atoms with Crippen molar-refractivity contribution >= 4 is 47.3 Å². The van der Waals surface area contributed by atoms with Crippen LogP contribution in [-0.2, 0) is 0 Å². The lowest BCUT2D eigenvalue weighted by Gasteiger charge is -2.31. The maximum Gasteiger partial charge on any atom is 0.296 e. The number of carbonyl (C=O) groups is 8. The van der Waals surface area contributed by atoms with Crippen molar-refractivity contribution in [1.29, 1.82) is 0 Å². The van der Waals surface area contributed by atoms with E-state index < -0.39 is 121 Å². The van der Waals surface area contributed by atoms with Crippen molar-refractivity contribution in [1.82, 2.24) is 81.1 Å². The zero-order valence-electron chi connectivity index (χ0n) is 46.3. The molecule has 0 saturated carbocycles. The summed E-state index contributed by atoms with van der Waals surface area (Å²) in [6, 6.07) is 7.89. The molecule has 8 amide bonds. The fourth-order valence-corrected chi connectivity index (χ4v) is 9.62. The molecule has 0 radical (unpaired) electrons. The predicted molar refractivity (Wildman–Crippen MR) is 298 cm³/mol. The number of amides is 8. The Kier molecular flexibility index (Phi) is 22.1. The molecule has 10 aliphatic rings. The number of aromatic nitrogens is 4. The van der Waals surface area contributed by atoms with Crippen molar-refractivity contribution in [3.8, 4) is 0 Å². The van der Waals surface area contributed by atoms with Crippen molar-refractivity contribution in [2.45, 2.75) is 25.3 Å². The van der Waals surface area contributed by atoms with Crippen LogP contribution in [0.5, 0.6) is 0 Å². The van der Waals surface area contributed by atoms with E-state index in [1.165, 1.54) is 0 Å². The van der Waals surface area contributed by atoms with Gasteiger partial charge in [-0.05, 0) is 67.9 Å². The van der Waals surface area contributed by atoms with Gasteiger partial charge in [-0.15, -0.1) is 18.9 Å². The van der Waals surface area contributed by atoms with E-state index in [1.807, 2.05) is 0 Å². The highest BCUT2D eigenvalue weighted by Crippen LogP contribution is 2.10. The van der Waals surface area contributed by atoms with E-state index in [4.69, 9.17) is 5.73 Å². The van der Waals surface area contributed by atoms with Crippen molar-refractivity contribution in [3.63, 3.8) is 0 Å². The second-order valence-electron chi connectivity index (χ2n) is 20.1. The molecule has 14 heterocycles. The van der Waals surface area contributed by atoms with E-state index in [0.717, 1.165) is 48.5 Å². The normalized spacial score (nSPS) is 21.7. The van der Waals surface area contributed by atoms with E-state index in [-0.39, 0.29) is 156 Å². The third-order valence-electron chi connectivity index (χ3n) is 14.4. The first-order valence-corrected chi connectivity index (χ1v) is 27.5. The van der Waals surface area contributed by atoms with Crippen molar-refractivity contribution in [2.75, 3.05) is 131 Å². The van der Waals surface area contributed by atoms with Crippen LogP contribution in [0.2, 0.25) is 0 Å². The smallest absolute Gasteiger partial charge is 0.296 e.